The van der Waals surface area contributed by atoms with Gasteiger partial charge in [-0.15, -0.1) is 11.8 Å². The van der Waals surface area contributed by atoms with Gasteiger partial charge in [-0.3, -0.25) is 14.4 Å². The van der Waals surface area contributed by atoms with Gasteiger partial charge >= 0.3 is 5.97 Å². The third kappa shape index (κ3) is 6.68. The number of anilines is 1. The zero-order valence-electron chi connectivity index (χ0n) is 14.2. The Kier molecular flexibility index (Phi) is 7.35. The number of carbonyl (C=O) groups excluding carboxylic acids is 3. The van der Waals surface area contributed by atoms with Crippen LogP contribution in [0.25, 0.3) is 0 Å². The zero-order valence-corrected chi connectivity index (χ0v) is 15.0. The average Bonchev–Trinajstić information content (AvgIpc) is 2.62. The number of carbonyl (C=O) groups is 3. The highest BCUT2D eigenvalue weighted by Crippen LogP contribution is 2.10. The van der Waals surface area contributed by atoms with Crippen molar-refractivity contribution < 1.29 is 23.5 Å². The summed E-state index contributed by atoms with van der Waals surface area (Å²) in [6, 6.07) is 12.4. The number of esters is 1. The van der Waals surface area contributed by atoms with Crippen molar-refractivity contribution in [2.75, 3.05) is 23.4 Å². The van der Waals surface area contributed by atoms with Crippen LogP contribution in [0.3, 0.4) is 0 Å². The molecule has 1 N–H and O–H groups in total. The maximum Gasteiger partial charge on any atom is 0.316 e. The number of halogens is 1. The molecule has 5 nitrogen and oxygen atoms in total. The Bertz CT molecular complexity index is 775. The van der Waals surface area contributed by atoms with Gasteiger partial charge in [0, 0.05) is 11.3 Å². The lowest BCUT2D eigenvalue weighted by Crippen LogP contribution is -2.18. The van der Waals surface area contributed by atoms with E-state index in [-0.39, 0.29) is 23.0 Å². The molecule has 0 spiro atoms. The number of amides is 1. The van der Waals surface area contributed by atoms with Crippen LogP contribution in [0.2, 0.25) is 0 Å². The highest BCUT2D eigenvalue weighted by Gasteiger charge is 2.11. The van der Waals surface area contributed by atoms with Gasteiger partial charge in [0.05, 0.1) is 11.5 Å². The van der Waals surface area contributed by atoms with E-state index in [2.05, 4.69) is 5.32 Å². The summed E-state index contributed by atoms with van der Waals surface area (Å²) >= 11 is 1.09. The van der Waals surface area contributed by atoms with Crippen LogP contribution in [0.4, 0.5) is 10.1 Å². The second-order valence-electron chi connectivity index (χ2n) is 5.50. The van der Waals surface area contributed by atoms with Crippen LogP contribution >= 0.6 is 11.8 Å². The summed E-state index contributed by atoms with van der Waals surface area (Å²) in [7, 11) is 0. The van der Waals surface area contributed by atoms with Gasteiger partial charge in [-0.2, -0.15) is 0 Å². The number of rotatable bonds is 8. The Hall–Kier alpha value is -2.67. The molecule has 0 unspecified atom stereocenters. The van der Waals surface area contributed by atoms with Gasteiger partial charge < -0.3 is 10.1 Å². The van der Waals surface area contributed by atoms with Crippen LogP contribution in [-0.4, -0.2) is 35.8 Å². The lowest BCUT2D eigenvalue weighted by atomic mass is 10.1. The van der Waals surface area contributed by atoms with Gasteiger partial charge in [0.25, 0.3) is 0 Å². The molecule has 26 heavy (non-hydrogen) atoms. The molecule has 0 fully saturated rings. The van der Waals surface area contributed by atoms with Crippen molar-refractivity contribution in [3.63, 3.8) is 0 Å². The zero-order chi connectivity index (χ0) is 18.9. The van der Waals surface area contributed by atoms with Crippen LogP contribution in [-0.2, 0) is 14.3 Å². The van der Waals surface area contributed by atoms with Crippen molar-refractivity contribution in [2.45, 2.75) is 6.92 Å². The molecule has 0 aliphatic heterocycles. The fraction of sp³-hybridized carbons (Fsp3) is 0.211. The second-order valence-corrected chi connectivity index (χ2v) is 6.48. The number of benzene rings is 2. The minimum Gasteiger partial charge on any atom is -0.457 e. The van der Waals surface area contributed by atoms with E-state index in [4.69, 9.17) is 4.74 Å². The Morgan fingerprint density at radius 1 is 1.00 bits per heavy atom. The lowest BCUT2D eigenvalue weighted by Gasteiger charge is -2.06. The number of hydrogen-bond acceptors (Lipinski definition) is 5. The fourth-order valence-electron chi connectivity index (χ4n) is 1.97. The molecule has 0 aliphatic carbocycles. The van der Waals surface area contributed by atoms with Crippen LogP contribution in [0, 0.1) is 12.7 Å². The van der Waals surface area contributed by atoms with E-state index >= 15 is 0 Å². The number of ether oxygens (including phenoxy) is 1. The molecule has 0 radical (unpaired) electrons. The summed E-state index contributed by atoms with van der Waals surface area (Å²) in [6.45, 7) is 1.54. The topological polar surface area (TPSA) is 72.5 Å². The van der Waals surface area contributed by atoms with Crippen LogP contribution in [0.1, 0.15) is 15.9 Å². The maximum atomic E-state index is 12.8. The highest BCUT2D eigenvalue weighted by molar-refractivity contribution is 8.00. The molecule has 0 heterocycles. The van der Waals surface area contributed by atoms with Gasteiger partial charge in [0.15, 0.2) is 12.4 Å². The van der Waals surface area contributed by atoms with Gasteiger partial charge in [0.1, 0.15) is 5.82 Å². The number of hydrogen-bond donors (Lipinski definition) is 1. The Balaban J connectivity index is 1.65. The lowest BCUT2D eigenvalue weighted by molar-refractivity contribution is -0.139. The SMILES string of the molecule is Cc1ccc(NC(=O)CSCC(=O)OCC(=O)c2ccc(F)cc2)cc1. The summed E-state index contributed by atoms with van der Waals surface area (Å²) in [6.07, 6.45) is 0. The summed E-state index contributed by atoms with van der Waals surface area (Å²) in [5.74, 6) is -1.63. The molecule has 2 rings (SSSR count). The van der Waals surface area contributed by atoms with E-state index in [1.54, 1.807) is 12.1 Å². The Morgan fingerprint density at radius 2 is 1.65 bits per heavy atom. The van der Waals surface area contributed by atoms with Crippen molar-refractivity contribution >= 4 is 35.1 Å². The van der Waals surface area contributed by atoms with Gasteiger partial charge in [0.2, 0.25) is 5.91 Å². The third-order valence-electron chi connectivity index (χ3n) is 3.32. The quantitative estimate of drug-likeness (QED) is 0.566. The standard InChI is InChI=1S/C19H18FNO4S/c1-13-2-8-16(9-3-13)21-18(23)11-26-12-19(24)25-10-17(22)14-4-6-15(20)7-5-14/h2-9H,10-12H2,1H3,(H,21,23). The van der Waals surface area contributed by atoms with Gasteiger partial charge in [-0.25, -0.2) is 4.39 Å². The number of thioether (sulfide) groups is 1. The predicted octanol–water partition coefficient (Wildman–Crippen LogP) is 3.23. The second kappa shape index (κ2) is 9.72. The molecule has 0 aromatic heterocycles. The molecule has 0 atom stereocenters. The number of nitrogens with one attached hydrogen (secondary N) is 1. The molecule has 136 valence electrons. The van der Waals surface area contributed by atoms with Crippen molar-refractivity contribution in [3.8, 4) is 0 Å². The maximum absolute atomic E-state index is 12.8. The van der Waals surface area contributed by atoms with E-state index in [0.29, 0.717) is 5.69 Å². The first-order chi connectivity index (χ1) is 12.4. The first-order valence-corrected chi connectivity index (χ1v) is 8.98. The third-order valence-corrected chi connectivity index (χ3v) is 4.22. The molecule has 2 aromatic rings. The molecule has 7 heteroatoms. The van der Waals surface area contributed by atoms with Crippen molar-refractivity contribution in [3.05, 3.63) is 65.5 Å². The number of aryl methyl sites for hydroxylation is 1. The average molecular weight is 375 g/mol. The fourth-order valence-corrected chi connectivity index (χ4v) is 2.58. The molecule has 0 aliphatic rings. The summed E-state index contributed by atoms with van der Waals surface area (Å²) in [4.78, 5) is 35.2. The highest BCUT2D eigenvalue weighted by atomic mass is 32.2. The monoisotopic (exact) mass is 375 g/mol. The number of Topliss-reactive ketones (excluding diaryl/α,β-unsaturated/α-hetero) is 1. The van der Waals surface area contributed by atoms with E-state index in [9.17, 15) is 18.8 Å². The first kappa shape index (κ1) is 19.7. The molecule has 0 bridgehead atoms. The van der Waals surface area contributed by atoms with Crippen LogP contribution < -0.4 is 5.32 Å². The minimum atomic E-state index is -0.589. The normalized spacial score (nSPS) is 10.2. The summed E-state index contributed by atoms with van der Waals surface area (Å²) in [5.41, 5.74) is 2.05. The van der Waals surface area contributed by atoms with Crippen molar-refractivity contribution in [1.29, 1.82) is 0 Å². The molecule has 1 amide bonds. The van der Waals surface area contributed by atoms with E-state index < -0.39 is 24.2 Å². The van der Waals surface area contributed by atoms with Crippen molar-refractivity contribution in [2.24, 2.45) is 0 Å². The van der Waals surface area contributed by atoms with Crippen molar-refractivity contribution in [1.82, 2.24) is 0 Å². The van der Waals surface area contributed by atoms with Crippen LogP contribution in [0.5, 0.6) is 0 Å². The molecule has 0 saturated carbocycles. The van der Waals surface area contributed by atoms with E-state index in [1.165, 1.54) is 12.1 Å². The Morgan fingerprint density at radius 3 is 2.31 bits per heavy atom. The van der Waals surface area contributed by atoms with Gasteiger partial charge in [-0.1, -0.05) is 17.7 Å². The largest absolute Gasteiger partial charge is 0.457 e. The molecule has 0 saturated heterocycles. The molecule has 2 aromatic carbocycles. The Labute approximate surface area is 154 Å². The predicted molar refractivity (Wildman–Crippen MR) is 98.8 cm³/mol. The number of ketones is 1. The summed E-state index contributed by atoms with van der Waals surface area (Å²) in [5, 5.41) is 2.72. The van der Waals surface area contributed by atoms with E-state index in [1.807, 2.05) is 19.1 Å². The minimum absolute atomic E-state index is 0.0436. The van der Waals surface area contributed by atoms with E-state index in [0.717, 1.165) is 29.5 Å². The molecular weight excluding hydrogens is 357 g/mol. The first-order valence-electron chi connectivity index (χ1n) is 7.82. The van der Waals surface area contributed by atoms with Gasteiger partial charge in [-0.05, 0) is 43.3 Å². The molecular formula is C19H18FNO4S. The van der Waals surface area contributed by atoms with Crippen LogP contribution in [0.15, 0.2) is 48.5 Å². The smallest absolute Gasteiger partial charge is 0.316 e. The summed E-state index contributed by atoms with van der Waals surface area (Å²) < 4.78 is 17.7.